The molecule has 2 amide bonds. The number of urea groups is 1. The number of hydrogen-bond donors (Lipinski definition) is 2. The Labute approximate surface area is 192 Å². The molecule has 0 unspecified atom stereocenters. The van der Waals surface area contributed by atoms with Crippen molar-refractivity contribution >= 4 is 40.9 Å². The van der Waals surface area contributed by atoms with Crippen molar-refractivity contribution < 1.29 is 18.0 Å². The number of benzene rings is 1. The number of nitrogens with zero attached hydrogens (tertiary/aromatic N) is 5. The van der Waals surface area contributed by atoms with E-state index in [1.165, 1.54) is 30.6 Å². The van der Waals surface area contributed by atoms with Gasteiger partial charge < -0.3 is 20.4 Å². The topological polar surface area (TPSA) is 86.3 Å². The number of carbonyl (C=O) groups excluding carboxylic acids is 1. The number of piperazine rings is 1. The van der Waals surface area contributed by atoms with E-state index in [1.807, 2.05) is 24.3 Å². The first-order valence-electron chi connectivity index (χ1n) is 10.0. The van der Waals surface area contributed by atoms with Crippen LogP contribution in [0.25, 0.3) is 0 Å². The molecule has 1 saturated heterocycles. The summed E-state index contributed by atoms with van der Waals surface area (Å²) in [5.41, 5.74) is -3.90. The number of alkyl halides is 3. The highest BCUT2D eigenvalue weighted by atomic mass is 32.2. The van der Waals surface area contributed by atoms with Crippen molar-refractivity contribution in [2.45, 2.75) is 10.4 Å². The van der Waals surface area contributed by atoms with Crippen molar-refractivity contribution in [3.63, 3.8) is 0 Å². The van der Waals surface area contributed by atoms with E-state index >= 15 is 0 Å². The smallest absolute Gasteiger partial charge is 0.353 e. The molecular weight excluding hydrogens is 455 g/mol. The molecule has 0 radical (unpaired) electrons. The van der Waals surface area contributed by atoms with Crippen molar-refractivity contribution in [1.82, 2.24) is 19.9 Å². The molecule has 0 atom stereocenters. The van der Waals surface area contributed by atoms with Crippen molar-refractivity contribution in [3.05, 3.63) is 61.1 Å². The van der Waals surface area contributed by atoms with E-state index in [2.05, 4.69) is 30.5 Å². The van der Waals surface area contributed by atoms with Crippen LogP contribution < -0.4 is 15.5 Å². The molecule has 0 saturated carbocycles. The number of amides is 2. The van der Waals surface area contributed by atoms with Crippen LogP contribution in [-0.2, 0) is 0 Å². The zero-order valence-electron chi connectivity index (χ0n) is 17.3. The van der Waals surface area contributed by atoms with E-state index in [4.69, 9.17) is 0 Å². The maximum atomic E-state index is 12.6. The average Bonchev–Trinajstić information content (AvgIpc) is 2.80. The molecule has 172 valence electrons. The van der Waals surface area contributed by atoms with Crippen LogP contribution in [0.4, 0.5) is 41.1 Å². The van der Waals surface area contributed by atoms with E-state index in [1.54, 1.807) is 11.1 Å². The third-order valence-electron chi connectivity index (χ3n) is 4.80. The number of thioether (sulfide) groups is 1. The second-order valence-corrected chi connectivity index (χ2v) is 8.22. The molecule has 1 fully saturated rings. The first-order valence-corrected chi connectivity index (χ1v) is 10.8. The number of nitrogens with one attached hydrogen (secondary N) is 2. The molecule has 0 spiro atoms. The fraction of sp³-hybridized carbons (Fsp3) is 0.238. The molecule has 0 aliphatic carbocycles. The minimum atomic E-state index is -4.34. The van der Waals surface area contributed by atoms with Crippen molar-refractivity contribution in [3.8, 4) is 0 Å². The molecule has 2 aromatic heterocycles. The highest BCUT2D eigenvalue weighted by Gasteiger charge is 2.29. The van der Waals surface area contributed by atoms with Crippen molar-refractivity contribution in [1.29, 1.82) is 0 Å². The number of anilines is 4. The zero-order chi connectivity index (χ0) is 23.3. The maximum Gasteiger partial charge on any atom is 0.446 e. The largest absolute Gasteiger partial charge is 0.446 e. The van der Waals surface area contributed by atoms with Crippen molar-refractivity contribution in [2.24, 2.45) is 0 Å². The van der Waals surface area contributed by atoms with Gasteiger partial charge in [0.15, 0.2) is 0 Å². The Morgan fingerprint density at radius 3 is 2.36 bits per heavy atom. The first-order chi connectivity index (χ1) is 15.9. The lowest BCUT2D eigenvalue weighted by Crippen LogP contribution is -2.50. The predicted octanol–water partition coefficient (Wildman–Crippen LogP) is 4.58. The first kappa shape index (κ1) is 22.6. The molecular formula is C21H20F3N7OS. The third-order valence-corrected chi connectivity index (χ3v) is 5.54. The number of aromatic nitrogens is 3. The number of rotatable bonds is 5. The monoisotopic (exact) mass is 475 g/mol. The average molecular weight is 476 g/mol. The van der Waals surface area contributed by atoms with Gasteiger partial charge in [0.05, 0.1) is 0 Å². The van der Waals surface area contributed by atoms with E-state index in [0.717, 1.165) is 5.82 Å². The summed E-state index contributed by atoms with van der Waals surface area (Å²) in [6.07, 6.45) is 3.16. The van der Waals surface area contributed by atoms with Gasteiger partial charge in [0, 0.05) is 49.0 Å². The second-order valence-electron chi connectivity index (χ2n) is 7.08. The minimum absolute atomic E-state index is 0.0656. The molecule has 2 N–H and O–H groups in total. The van der Waals surface area contributed by atoms with Crippen LogP contribution in [0.1, 0.15) is 0 Å². The van der Waals surface area contributed by atoms with Gasteiger partial charge in [-0.1, -0.05) is 6.07 Å². The number of halogens is 3. The van der Waals surface area contributed by atoms with Crippen LogP contribution in [0.5, 0.6) is 0 Å². The Morgan fingerprint density at radius 1 is 0.939 bits per heavy atom. The van der Waals surface area contributed by atoms with Crippen LogP contribution in [0.15, 0.2) is 66.0 Å². The summed E-state index contributed by atoms with van der Waals surface area (Å²) >= 11 is -0.191. The fourth-order valence-electron chi connectivity index (χ4n) is 3.24. The maximum absolute atomic E-state index is 12.6. The molecule has 3 heterocycles. The summed E-state index contributed by atoms with van der Waals surface area (Å²) in [6, 6.07) is 12.6. The van der Waals surface area contributed by atoms with Crippen LogP contribution in [0.3, 0.4) is 0 Å². The van der Waals surface area contributed by atoms with Crippen LogP contribution in [-0.4, -0.2) is 57.6 Å². The summed E-state index contributed by atoms with van der Waals surface area (Å²) in [5.74, 6) is 2.03. The third kappa shape index (κ3) is 6.48. The highest BCUT2D eigenvalue weighted by molar-refractivity contribution is 8.00. The van der Waals surface area contributed by atoms with Crippen molar-refractivity contribution in [2.75, 3.05) is 41.7 Å². The van der Waals surface area contributed by atoms with Crippen LogP contribution in [0, 0.1) is 0 Å². The summed E-state index contributed by atoms with van der Waals surface area (Å²) in [7, 11) is 0. The second kappa shape index (κ2) is 9.94. The fourth-order valence-corrected chi connectivity index (χ4v) is 3.78. The van der Waals surface area contributed by atoms with Gasteiger partial charge in [-0.3, -0.25) is 0 Å². The van der Waals surface area contributed by atoms with Gasteiger partial charge in [-0.2, -0.15) is 13.2 Å². The zero-order valence-corrected chi connectivity index (χ0v) is 18.1. The number of pyridine rings is 1. The molecule has 4 rings (SSSR count). The molecule has 8 nitrogen and oxygen atoms in total. The van der Waals surface area contributed by atoms with Gasteiger partial charge in [0.2, 0.25) is 0 Å². The van der Waals surface area contributed by atoms with Gasteiger partial charge in [0.1, 0.15) is 23.8 Å². The lowest BCUT2D eigenvalue weighted by atomic mass is 10.3. The van der Waals surface area contributed by atoms with Gasteiger partial charge in [-0.25, -0.2) is 19.7 Å². The molecule has 0 bridgehead atoms. The van der Waals surface area contributed by atoms with Gasteiger partial charge in [0.25, 0.3) is 0 Å². The molecule has 1 aliphatic heterocycles. The van der Waals surface area contributed by atoms with Gasteiger partial charge in [-0.05, 0) is 48.2 Å². The van der Waals surface area contributed by atoms with E-state index < -0.39 is 5.51 Å². The standard InChI is InChI=1S/C21H20F3N7OS/c22-21(23,24)33-16-6-4-15(5-7-16)28-20(32)31-11-9-30(10-12-31)19-13-18(26-14-27-19)29-17-3-1-2-8-25-17/h1-8,13-14H,9-12H2,(H,28,32)(H,25,26,27,29). The molecule has 1 aromatic carbocycles. The number of hydrogen-bond acceptors (Lipinski definition) is 7. The Hall–Kier alpha value is -3.54. The summed E-state index contributed by atoms with van der Waals surface area (Å²) in [4.78, 5) is 29.1. The summed E-state index contributed by atoms with van der Waals surface area (Å²) in [5, 5.41) is 5.85. The quantitative estimate of drug-likeness (QED) is 0.523. The Bertz CT molecular complexity index is 1080. The highest BCUT2D eigenvalue weighted by Crippen LogP contribution is 2.37. The SMILES string of the molecule is O=C(Nc1ccc(SC(F)(F)F)cc1)N1CCN(c2cc(Nc3ccccn3)ncn2)CC1. The lowest BCUT2D eigenvalue weighted by Gasteiger charge is -2.35. The van der Waals surface area contributed by atoms with E-state index in [-0.39, 0.29) is 22.7 Å². The van der Waals surface area contributed by atoms with Gasteiger partial charge in [-0.15, -0.1) is 0 Å². The molecule has 1 aliphatic rings. The normalized spacial score (nSPS) is 14.2. The molecule has 3 aromatic rings. The predicted molar refractivity (Wildman–Crippen MR) is 121 cm³/mol. The lowest BCUT2D eigenvalue weighted by molar-refractivity contribution is -0.0328. The molecule has 12 heteroatoms. The van der Waals surface area contributed by atoms with Crippen LogP contribution in [0.2, 0.25) is 0 Å². The molecule has 33 heavy (non-hydrogen) atoms. The summed E-state index contributed by atoms with van der Waals surface area (Å²) < 4.78 is 37.3. The van der Waals surface area contributed by atoms with Gasteiger partial charge >= 0.3 is 11.5 Å². The number of carbonyl (C=O) groups is 1. The van der Waals surface area contributed by atoms with E-state index in [0.29, 0.717) is 43.5 Å². The van der Waals surface area contributed by atoms with E-state index in [9.17, 15) is 18.0 Å². The Morgan fingerprint density at radius 2 is 1.70 bits per heavy atom. The van der Waals surface area contributed by atoms with Crippen LogP contribution >= 0.6 is 11.8 Å². The minimum Gasteiger partial charge on any atom is -0.353 e. The Kier molecular flexibility index (Phi) is 6.82. The summed E-state index contributed by atoms with van der Waals surface area (Å²) in [6.45, 7) is 2.10. The Balaban J connectivity index is 1.30.